The van der Waals surface area contributed by atoms with Gasteiger partial charge in [-0.2, -0.15) is 0 Å². The maximum absolute atomic E-state index is 12.6. The van der Waals surface area contributed by atoms with E-state index in [1.807, 2.05) is 0 Å². The van der Waals surface area contributed by atoms with E-state index in [0.29, 0.717) is 23.6 Å². The molecule has 0 bridgehead atoms. The highest BCUT2D eigenvalue weighted by atomic mass is 32.1. The molecule has 1 aromatic carbocycles. The SMILES string of the molecule is O=C(NCC(c1cccs1)N1CCCCCC1)c1ccc2c(c1)OCO2. The Bertz CT molecular complexity index is 740. The van der Waals surface area contributed by atoms with Gasteiger partial charge in [-0.3, -0.25) is 9.69 Å². The predicted octanol–water partition coefficient (Wildman–Crippen LogP) is 3.82. The minimum absolute atomic E-state index is 0.0697. The van der Waals surface area contributed by atoms with Gasteiger partial charge in [-0.25, -0.2) is 0 Å². The van der Waals surface area contributed by atoms with Gasteiger partial charge in [0.2, 0.25) is 6.79 Å². The second-order valence-corrected chi connectivity index (χ2v) is 7.74. The summed E-state index contributed by atoms with van der Waals surface area (Å²) in [5, 5.41) is 5.24. The number of carbonyl (C=O) groups excluding carboxylic acids is 1. The Morgan fingerprint density at radius 2 is 1.92 bits per heavy atom. The highest BCUT2D eigenvalue weighted by molar-refractivity contribution is 7.10. The number of ether oxygens (including phenoxy) is 2. The van der Waals surface area contributed by atoms with E-state index >= 15 is 0 Å². The molecule has 0 radical (unpaired) electrons. The van der Waals surface area contributed by atoms with Crippen LogP contribution in [0.1, 0.15) is 47.0 Å². The maximum atomic E-state index is 12.6. The molecule has 1 aromatic heterocycles. The largest absolute Gasteiger partial charge is 0.454 e. The van der Waals surface area contributed by atoms with E-state index < -0.39 is 0 Å². The van der Waals surface area contributed by atoms with Gasteiger partial charge in [0.1, 0.15) is 0 Å². The van der Waals surface area contributed by atoms with E-state index in [-0.39, 0.29) is 18.7 Å². The Balaban J connectivity index is 1.45. The summed E-state index contributed by atoms with van der Waals surface area (Å²) >= 11 is 1.77. The third kappa shape index (κ3) is 3.86. The van der Waals surface area contributed by atoms with Gasteiger partial charge in [0, 0.05) is 17.0 Å². The van der Waals surface area contributed by atoms with Crippen LogP contribution in [-0.2, 0) is 0 Å². The first-order valence-corrected chi connectivity index (χ1v) is 10.1. The lowest BCUT2D eigenvalue weighted by Crippen LogP contribution is -2.38. The molecule has 1 amide bonds. The summed E-state index contributed by atoms with van der Waals surface area (Å²) in [5.41, 5.74) is 0.607. The monoisotopic (exact) mass is 372 g/mol. The zero-order valence-corrected chi connectivity index (χ0v) is 15.6. The van der Waals surface area contributed by atoms with Crippen molar-refractivity contribution in [1.82, 2.24) is 10.2 Å². The highest BCUT2D eigenvalue weighted by Crippen LogP contribution is 2.32. The first-order valence-electron chi connectivity index (χ1n) is 9.26. The minimum atomic E-state index is -0.0697. The van der Waals surface area contributed by atoms with Gasteiger partial charge in [0.25, 0.3) is 5.91 Å². The third-order valence-electron chi connectivity index (χ3n) is 5.04. The second kappa shape index (κ2) is 8.10. The second-order valence-electron chi connectivity index (χ2n) is 6.76. The number of hydrogen-bond acceptors (Lipinski definition) is 5. The number of nitrogens with one attached hydrogen (secondary N) is 1. The van der Waals surface area contributed by atoms with Gasteiger partial charge in [0.15, 0.2) is 11.5 Å². The van der Waals surface area contributed by atoms with Gasteiger partial charge >= 0.3 is 0 Å². The molecule has 2 aromatic rings. The molecule has 1 fully saturated rings. The molecule has 4 rings (SSSR count). The summed E-state index contributed by atoms with van der Waals surface area (Å²) in [4.78, 5) is 16.5. The third-order valence-corrected chi connectivity index (χ3v) is 6.02. The number of amides is 1. The van der Waals surface area contributed by atoms with Gasteiger partial charge in [-0.1, -0.05) is 18.9 Å². The van der Waals surface area contributed by atoms with E-state index in [1.54, 1.807) is 29.5 Å². The number of fused-ring (bicyclic) bond motifs is 1. The molecule has 1 N–H and O–H groups in total. The summed E-state index contributed by atoms with van der Waals surface area (Å²) in [6, 6.07) is 9.84. The summed E-state index contributed by atoms with van der Waals surface area (Å²) in [6.07, 6.45) is 5.07. The van der Waals surface area contributed by atoms with Crippen molar-refractivity contribution in [2.24, 2.45) is 0 Å². The van der Waals surface area contributed by atoms with Crippen molar-refractivity contribution in [3.63, 3.8) is 0 Å². The number of benzene rings is 1. The average Bonchev–Trinajstić information content (AvgIpc) is 3.28. The standard InChI is InChI=1S/C20H24N2O3S/c23-20(15-7-8-17-18(12-15)25-14-24-17)21-13-16(19-6-5-11-26-19)22-9-3-1-2-4-10-22/h5-8,11-12,16H,1-4,9-10,13-14H2,(H,21,23). The van der Waals surface area contributed by atoms with Crippen LogP contribution in [-0.4, -0.2) is 37.2 Å². The average molecular weight is 372 g/mol. The topological polar surface area (TPSA) is 50.8 Å². The van der Waals surface area contributed by atoms with Crippen molar-refractivity contribution in [3.8, 4) is 11.5 Å². The maximum Gasteiger partial charge on any atom is 0.251 e. The molecule has 1 saturated heterocycles. The Hall–Kier alpha value is -2.05. The molecule has 1 atom stereocenters. The number of carbonyl (C=O) groups is 1. The van der Waals surface area contributed by atoms with E-state index in [1.165, 1.54) is 30.6 Å². The molecule has 0 saturated carbocycles. The molecule has 3 heterocycles. The smallest absolute Gasteiger partial charge is 0.251 e. The quantitative estimate of drug-likeness (QED) is 0.867. The van der Waals surface area contributed by atoms with Gasteiger partial charge < -0.3 is 14.8 Å². The first kappa shape index (κ1) is 17.4. The fraction of sp³-hybridized carbons (Fsp3) is 0.450. The van der Waals surface area contributed by atoms with Crippen LogP contribution in [0.2, 0.25) is 0 Å². The number of likely N-dealkylation sites (tertiary alicyclic amines) is 1. The number of nitrogens with zero attached hydrogens (tertiary/aromatic N) is 1. The molecule has 138 valence electrons. The van der Waals surface area contributed by atoms with Crippen LogP contribution < -0.4 is 14.8 Å². The van der Waals surface area contributed by atoms with Crippen LogP contribution in [0, 0.1) is 0 Å². The lowest BCUT2D eigenvalue weighted by Gasteiger charge is -2.30. The van der Waals surface area contributed by atoms with E-state index in [0.717, 1.165) is 13.1 Å². The molecule has 5 nitrogen and oxygen atoms in total. The van der Waals surface area contributed by atoms with Crippen molar-refractivity contribution < 1.29 is 14.3 Å². The van der Waals surface area contributed by atoms with Gasteiger partial charge in [-0.05, 0) is 55.6 Å². The molecular weight excluding hydrogens is 348 g/mol. The summed E-state index contributed by atoms with van der Waals surface area (Å²) in [7, 11) is 0. The van der Waals surface area contributed by atoms with E-state index in [9.17, 15) is 4.79 Å². The molecule has 6 heteroatoms. The molecule has 26 heavy (non-hydrogen) atoms. The Morgan fingerprint density at radius 1 is 1.12 bits per heavy atom. The van der Waals surface area contributed by atoms with Crippen molar-refractivity contribution in [2.75, 3.05) is 26.4 Å². The molecule has 1 unspecified atom stereocenters. The Morgan fingerprint density at radius 3 is 2.69 bits per heavy atom. The number of rotatable bonds is 5. The first-order chi connectivity index (χ1) is 12.8. The molecule has 0 spiro atoms. The number of hydrogen-bond donors (Lipinski definition) is 1. The zero-order valence-electron chi connectivity index (χ0n) is 14.8. The highest BCUT2D eigenvalue weighted by Gasteiger charge is 2.23. The van der Waals surface area contributed by atoms with Crippen LogP contribution in [0.4, 0.5) is 0 Å². The molecule has 2 aliphatic rings. The van der Waals surface area contributed by atoms with E-state index in [2.05, 4.69) is 27.7 Å². The van der Waals surface area contributed by atoms with Crippen LogP contribution in [0.5, 0.6) is 11.5 Å². The van der Waals surface area contributed by atoms with Gasteiger partial charge in [-0.15, -0.1) is 11.3 Å². The van der Waals surface area contributed by atoms with Crippen LogP contribution in [0.3, 0.4) is 0 Å². The molecular formula is C20H24N2O3S. The molecule has 2 aliphatic heterocycles. The summed E-state index contributed by atoms with van der Waals surface area (Å²) in [5.74, 6) is 1.27. The fourth-order valence-corrected chi connectivity index (χ4v) is 4.49. The van der Waals surface area contributed by atoms with Crippen molar-refractivity contribution in [1.29, 1.82) is 0 Å². The van der Waals surface area contributed by atoms with E-state index in [4.69, 9.17) is 9.47 Å². The zero-order chi connectivity index (χ0) is 17.8. The summed E-state index contributed by atoms with van der Waals surface area (Å²) < 4.78 is 10.7. The lowest BCUT2D eigenvalue weighted by atomic mass is 10.1. The van der Waals surface area contributed by atoms with Crippen molar-refractivity contribution in [2.45, 2.75) is 31.7 Å². The van der Waals surface area contributed by atoms with Gasteiger partial charge in [0.05, 0.1) is 6.04 Å². The van der Waals surface area contributed by atoms with Crippen molar-refractivity contribution in [3.05, 3.63) is 46.2 Å². The fourth-order valence-electron chi connectivity index (χ4n) is 3.63. The normalized spacial score (nSPS) is 18.3. The minimum Gasteiger partial charge on any atom is -0.454 e. The lowest BCUT2D eigenvalue weighted by molar-refractivity contribution is 0.0933. The van der Waals surface area contributed by atoms with Crippen LogP contribution >= 0.6 is 11.3 Å². The van der Waals surface area contributed by atoms with Crippen LogP contribution in [0.25, 0.3) is 0 Å². The Kier molecular flexibility index (Phi) is 5.41. The Labute approximate surface area is 157 Å². The van der Waals surface area contributed by atoms with Crippen molar-refractivity contribution >= 4 is 17.2 Å². The molecule has 0 aliphatic carbocycles. The van der Waals surface area contributed by atoms with Crippen LogP contribution in [0.15, 0.2) is 35.7 Å². The predicted molar refractivity (Wildman–Crippen MR) is 102 cm³/mol. The summed E-state index contributed by atoms with van der Waals surface area (Å²) in [6.45, 7) is 3.04. The number of thiophene rings is 1.